The molecule has 0 N–H and O–H groups in total. The predicted molar refractivity (Wildman–Crippen MR) is 64.6 cm³/mol. The quantitative estimate of drug-likeness (QED) is 0.745. The summed E-state index contributed by atoms with van der Waals surface area (Å²) in [6.45, 7) is 6.84. The van der Waals surface area contributed by atoms with E-state index in [4.69, 9.17) is 0 Å². The van der Waals surface area contributed by atoms with Crippen LogP contribution in [0.3, 0.4) is 0 Å². The first kappa shape index (κ1) is 17.3. The summed E-state index contributed by atoms with van der Waals surface area (Å²) in [7, 11) is -5.33. The Morgan fingerprint density at radius 1 is 0.667 bits per heavy atom. The van der Waals surface area contributed by atoms with Gasteiger partial charge in [-0.3, -0.25) is 0 Å². The molecule has 0 spiro atoms. The van der Waals surface area contributed by atoms with Crippen molar-refractivity contribution in [3.8, 4) is 0 Å². The van der Waals surface area contributed by atoms with Gasteiger partial charge in [-0.25, -0.2) is 16.8 Å². The molecule has 0 aromatic heterocycles. The molecule has 0 unspecified atom stereocenters. The molecule has 0 rings (SSSR count). The SMILES string of the molecule is CCCS(=O)(=O)CC.CCS(=O)(=O)CC. The van der Waals surface area contributed by atoms with Crippen LogP contribution < -0.4 is 0 Å². The molecule has 0 saturated carbocycles. The van der Waals surface area contributed by atoms with Gasteiger partial charge in [-0.2, -0.15) is 0 Å². The van der Waals surface area contributed by atoms with Crippen LogP contribution >= 0.6 is 0 Å². The molecule has 0 bridgehead atoms. The van der Waals surface area contributed by atoms with Crippen LogP contribution in [-0.4, -0.2) is 39.8 Å². The number of rotatable bonds is 5. The smallest absolute Gasteiger partial charge is 0.150 e. The lowest BCUT2D eigenvalue weighted by molar-refractivity contribution is 0.595. The Morgan fingerprint density at radius 3 is 1.07 bits per heavy atom. The Balaban J connectivity index is 0. The van der Waals surface area contributed by atoms with E-state index in [0.29, 0.717) is 5.75 Å². The van der Waals surface area contributed by atoms with Crippen molar-refractivity contribution in [3.63, 3.8) is 0 Å². The van der Waals surface area contributed by atoms with Gasteiger partial charge in [0.2, 0.25) is 0 Å². The minimum Gasteiger partial charge on any atom is -0.229 e. The third kappa shape index (κ3) is 11.8. The van der Waals surface area contributed by atoms with Gasteiger partial charge in [0, 0.05) is 23.0 Å². The van der Waals surface area contributed by atoms with Crippen molar-refractivity contribution in [1.29, 1.82) is 0 Å². The summed E-state index contributed by atoms with van der Waals surface area (Å²) < 4.78 is 41.9. The third-order valence-corrected chi connectivity index (χ3v) is 5.50. The van der Waals surface area contributed by atoms with Crippen molar-refractivity contribution in [3.05, 3.63) is 0 Å². The first-order valence-corrected chi connectivity index (χ1v) is 8.79. The van der Waals surface area contributed by atoms with Crippen LogP contribution in [0.15, 0.2) is 0 Å². The van der Waals surface area contributed by atoms with E-state index >= 15 is 0 Å². The monoisotopic (exact) mass is 258 g/mol. The molecule has 94 valence electrons. The highest BCUT2D eigenvalue weighted by Gasteiger charge is 2.02. The normalized spacial score (nSPS) is 11.7. The van der Waals surface area contributed by atoms with Gasteiger partial charge in [0.1, 0.15) is 19.7 Å². The summed E-state index contributed by atoms with van der Waals surface area (Å²) >= 11 is 0. The predicted octanol–water partition coefficient (Wildman–Crippen LogP) is 1.27. The summed E-state index contributed by atoms with van der Waals surface area (Å²) in [5.74, 6) is 1.15. The highest BCUT2D eigenvalue weighted by Crippen LogP contribution is 1.90. The Bertz CT molecular complexity index is 317. The molecular weight excluding hydrogens is 236 g/mol. The highest BCUT2D eigenvalue weighted by molar-refractivity contribution is 7.91. The van der Waals surface area contributed by atoms with Gasteiger partial charge < -0.3 is 0 Å². The molecule has 0 fully saturated rings. The van der Waals surface area contributed by atoms with Gasteiger partial charge in [0.25, 0.3) is 0 Å². The van der Waals surface area contributed by atoms with Crippen LogP contribution in [0.25, 0.3) is 0 Å². The average Bonchev–Trinajstić information content (AvgIpc) is 2.19. The fraction of sp³-hybridized carbons (Fsp3) is 1.00. The van der Waals surface area contributed by atoms with Crippen molar-refractivity contribution in [2.24, 2.45) is 0 Å². The lowest BCUT2D eigenvalue weighted by Crippen LogP contribution is -2.06. The lowest BCUT2D eigenvalue weighted by atomic mass is 10.6. The molecule has 4 nitrogen and oxygen atoms in total. The molecule has 0 aromatic rings. The third-order valence-electron chi connectivity index (χ3n) is 1.83. The van der Waals surface area contributed by atoms with E-state index in [2.05, 4.69) is 0 Å². The second-order valence-electron chi connectivity index (χ2n) is 3.06. The highest BCUT2D eigenvalue weighted by atomic mass is 32.2. The molecule has 0 aliphatic rings. The van der Waals surface area contributed by atoms with E-state index < -0.39 is 19.7 Å². The zero-order chi connectivity index (χ0) is 12.5. The van der Waals surface area contributed by atoms with Crippen LogP contribution in [0.1, 0.15) is 34.1 Å². The zero-order valence-electron chi connectivity index (χ0n) is 9.99. The van der Waals surface area contributed by atoms with Crippen LogP contribution in [0.2, 0.25) is 0 Å². The van der Waals surface area contributed by atoms with E-state index in [1.54, 1.807) is 20.8 Å². The molecule has 0 saturated heterocycles. The Morgan fingerprint density at radius 2 is 1.00 bits per heavy atom. The first-order chi connectivity index (χ1) is 6.74. The van der Waals surface area contributed by atoms with Crippen molar-refractivity contribution < 1.29 is 16.8 Å². The summed E-state index contributed by atoms with van der Waals surface area (Å²) in [6.07, 6.45) is 0.732. The van der Waals surface area contributed by atoms with Crippen LogP contribution in [-0.2, 0) is 19.7 Å². The molecule has 0 radical (unpaired) electrons. The van der Waals surface area contributed by atoms with Gasteiger partial charge >= 0.3 is 0 Å². The Labute approximate surface area is 93.9 Å². The Kier molecular flexibility index (Phi) is 9.34. The molecule has 6 heteroatoms. The average molecular weight is 258 g/mol. The van der Waals surface area contributed by atoms with Gasteiger partial charge in [-0.15, -0.1) is 0 Å². The van der Waals surface area contributed by atoms with E-state index in [1.807, 2.05) is 6.92 Å². The molecule has 0 heterocycles. The summed E-state index contributed by atoms with van der Waals surface area (Å²) in [5, 5.41) is 0. The minimum absolute atomic E-state index is 0.267. The first-order valence-electron chi connectivity index (χ1n) is 5.15. The number of hydrogen-bond acceptors (Lipinski definition) is 4. The van der Waals surface area contributed by atoms with Gasteiger partial charge in [0.15, 0.2) is 0 Å². The standard InChI is InChI=1S/C5H12O2S.C4H10O2S/c1-3-5-8(6,7)4-2;1-3-7(5,6)4-2/h3-5H2,1-2H3;3-4H2,1-2H3. The van der Waals surface area contributed by atoms with Crippen LogP contribution in [0, 0.1) is 0 Å². The maximum atomic E-state index is 10.6. The fourth-order valence-corrected chi connectivity index (χ4v) is 1.98. The molecular formula is C9H22O4S2. The maximum absolute atomic E-state index is 10.6. The summed E-state index contributed by atoms with van der Waals surface area (Å²) in [5.41, 5.74) is 0. The van der Waals surface area contributed by atoms with Crippen molar-refractivity contribution >= 4 is 19.7 Å². The number of hydrogen-bond donors (Lipinski definition) is 0. The van der Waals surface area contributed by atoms with Crippen molar-refractivity contribution in [2.45, 2.75) is 34.1 Å². The second-order valence-corrected chi connectivity index (χ2v) is 8.17. The second kappa shape index (κ2) is 8.10. The molecule has 15 heavy (non-hydrogen) atoms. The summed E-state index contributed by atoms with van der Waals surface area (Å²) in [4.78, 5) is 0. The van der Waals surface area contributed by atoms with E-state index in [0.717, 1.165) is 6.42 Å². The molecule has 0 atom stereocenters. The van der Waals surface area contributed by atoms with Gasteiger partial charge in [0.05, 0.1) is 0 Å². The summed E-state index contributed by atoms with van der Waals surface area (Å²) in [6, 6.07) is 0. The van der Waals surface area contributed by atoms with Crippen LogP contribution in [0.4, 0.5) is 0 Å². The van der Waals surface area contributed by atoms with Crippen molar-refractivity contribution in [2.75, 3.05) is 23.0 Å². The largest absolute Gasteiger partial charge is 0.229 e. The fourth-order valence-electron chi connectivity index (χ4n) is 0.659. The lowest BCUT2D eigenvalue weighted by Gasteiger charge is -1.93. The maximum Gasteiger partial charge on any atom is 0.150 e. The molecule has 0 amide bonds. The minimum atomic E-state index is -2.67. The molecule has 0 aliphatic heterocycles. The molecule has 0 aliphatic carbocycles. The Hall–Kier alpha value is -0.100. The van der Waals surface area contributed by atoms with Crippen molar-refractivity contribution in [1.82, 2.24) is 0 Å². The topological polar surface area (TPSA) is 68.3 Å². The van der Waals surface area contributed by atoms with Crippen LogP contribution in [0.5, 0.6) is 0 Å². The van der Waals surface area contributed by atoms with Gasteiger partial charge in [-0.05, 0) is 6.42 Å². The van der Waals surface area contributed by atoms with E-state index in [9.17, 15) is 16.8 Å². The zero-order valence-corrected chi connectivity index (χ0v) is 11.6. The molecule has 0 aromatic carbocycles. The number of sulfone groups is 2. The van der Waals surface area contributed by atoms with Gasteiger partial charge in [-0.1, -0.05) is 27.7 Å². The van der Waals surface area contributed by atoms with E-state index in [-0.39, 0.29) is 17.3 Å². The van der Waals surface area contributed by atoms with E-state index in [1.165, 1.54) is 0 Å².